The fourth-order valence-corrected chi connectivity index (χ4v) is 5.81. The zero-order valence-electron chi connectivity index (χ0n) is 16.2. The summed E-state index contributed by atoms with van der Waals surface area (Å²) in [5.41, 5.74) is 0.552. The van der Waals surface area contributed by atoms with Gasteiger partial charge in [0.25, 0.3) is 0 Å². The van der Waals surface area contributed by atoms with Crippen LogP contribution in [-0.4, -0.2) is 37.9 Å². The number of alkyl halides is 3. The second kappa shape index (κ2) is 9.04. The largest absolute Gasteiger partial charge is 0.392 e. The number of amides is 1. The summed E-state index contributed by atoms with van der Waals surface area (Å²) in [5, 5.41) is 2.58. The van der Waals surface area contributed by atoms with Crippen molar-refractivity contribution >= 4 is 15.9 Å². The van der Waals surface area contributed by atoms with Gasteiger partial charge in [-0.1, -0.05) is 31.4 Å². The Kier molecular flexibility index (Phi) is 6.88. The van der Waals surface area contributed by atoms with Crippen molar-refractivity contribution in [2.45, 2.75) is 62.6 Å². The Labute approximate surface area is 169 Å². The third-order valence-corrected chi connectivity index (χ3v) is 7.74. The lowest BCUT2D eigenvalue weighted by Crippen LogP contribution is -2.42. The summed E-state index contributed by atoms with van der Waals surface area (Å²) in [5.74, 6) is -3.30. The van der Waals surface area contributed by atoms with E-state index < -0.39 is 33.9 Å². The Hall–Kier alpha value is -1.61. The van der Waals surface area contributed by atoms with Crippen LogP contribution in [0.2, 0.25) is 0 Å². The van der Waals surface area contributed by atoms with Crippen molar-refractivity contribution in [3.05, 3.63) is 29.8 Å². The Bertz CT molecular complexity index is 821. The summed E-state index contributed by atoms with van der Waals surface area (Å²) in [6, 6.07) is 6.26. The number of piperidine rings is 1. The highest BCUT2D eigenvalue weighted by molar-refractivity contribution is 7.89. The maximum absolute atomic E-state index is 13.2. The molecule has 0 bridgehead atoms. The summed E-state index contributed by atoms with van der Waals surface area (Å²) in [7, 11) is -3.60. The SMILES string of the molecule is O=C(NCc1cccc(S(=O)(=O)N2CCCCC2)c1)C1CCCCC1C(F)(F)F. The third kappa shape index (κ3) is 5.31. The monoisotopic (exact) mass is 432 g/mol. The van der Waals surface area contributed by atoms with Crippen molar-refractivity contribution in [2.24, 2.45) is 11.8 Å². The van der Waals surface area contributed by atoms with Crippen LogP contribution in [0.1, 0.15) is 50.5 Å². The molecule has 2 fully saturated rings. The maximum atomic E-state index is 13.2. The summed E-state index contributed by atoms with van der Waals surface area (Å²) in [6.45, 7) is 0.983. The highest BCUT2D eigenvalue weighted by atomic mass is 32.2. The van der Waals surface area contributed by atoms with Crippen LogP contribution in [0.15, 0.2) is 29.2 Å². The molecule has 29 heavy (non-hydrogen) atoms. The fraction of sp³-hybridized carbons (Fsp3) is 0.650. The number of rotatable bonds is 5. The molecule has 9 heteroatoms. The van der Waals surface area contributed by atoms with Gasteiger partial charge in [-0.2, -0.15) is 17.5 Å². The van der Waals surface area contributed by atoms with Crippen molar-refractivity contribution in [3.63, 3.8) is 0 Å². The molecule has 2 aliphatic rings. The Balaban J connectivity index is 1.66. The molecule has 1 aromatic rings. The van der Waals surface area contributed by atoms with Crippen LogP contribution in [0.5, 0.6) is 0 Å². The number of hydrogen-bond acceptors (Lipinski definition) is 3. The van der Waals surface area contributed by atoms with E-state index in [0.717, 1.165) is 19.3 Å². The Morgan fingerprint density at radius 3 is 2.45 bits per heavy atom. The molecule has 5 nitrogen and oxygen atoms in total. The molecule has 162 valence electrons. The van der Waals surface area contributed by atoms with Crippen molar-refractivity contribution < 1.29 is 26.4 Å². The van der Waals surface area contributed by atoms with Crippen LogP contribution in [0.4, 0.5) is 13.2 Å². The van der Waals surface area contributed by atoms with E-state index in [9.17, 15) is 26.4 Å². The summed E-state index contributed by atoms with van der Waals surface area (Å²) in [4.78, 5) is 12.6. The number of nitrogens with zero attached hydrogens (tertiary/aromatic N) is 1. The van der Waals surface area contributed by atoms with E-state index in [2.05, 4.69) is 5.32 Å². The quantitative estimate of drug-likeness (QED) is 0.769. The number of sulfonamides is 1. The Morgan fingerprint density at radius 1 is 1.07 bits per heavy atom. The first-order valence-corrected chi connectivity index (χ1v) is 11.6. The zero-order valence-corrected chi connectivity index (χ0v) is 17.1. The van der Waals surface area contributed by atoms with E-state index in [1.165, 1.54) is 16.4 Å². The van der Waals surface area contributed by atoms with Crippen LogP contribution >= 0.6 is 0 Å². The van der Waals surface area contributed by atoms with Crippen LogP contribution in [0.3, 0.4) is 0 Å². The molecule has 0 aromatic heterocycles. The molecule has 2 unspecified atom stereocenters. The lowest BCUT2D eigenvalue weighted by atomic mass is 9.78. The van der Waals surface area contributed by atoms with Crippen LogP contribution < -0.4 is 5.32 Å². The van der Waals surface area contributed by atoms with Gasteiger partial charge in [-0.3, -0.25) is 4.79 Å². The van der Waals surface area contributed by atoms with E-state index >= 15 is 0 Å². The first-order chi connectivity index (χ1) is 13.7. The molecule has 0 radical (unpaired) electrons. The molecule has 1 aliphatic heterocycles. The number of carbonyl (C=O) groups excluding carboxylic acids is 1. The van der Waals surface area contributed by atoms with Crippen molar-refractivity contribution in [1.29, 1.82) is 0 Å². The fourth-order valence-electron chi connectivity index (χ4n) is 4.23. The number of halogens is 3. The molecule has 1 saturated carbocycles. The minimum atomic E-state index is -4.38. The number of benzene rings is 1. The maximum Gasteiger partial charge on any atom is 0.392 e. The van der Waals surface area contributed by atoms with E-state index in [0.29, 0.717) is 31.5 Å². The standard InChI is InChI=1S/C20H27F3N2O3S/c21-20(22,23)18-10-3-2-9-17(18)19(26)24-14-15-7-6-8-16(13-15)29(27,28)25-11-4-1-5-12-25/h6-8,13,17-18H,1-5,9-12,14H2,(H,24,26). The van der Waals surface area contributed by atoms with Gasteiger partial charge in [-0.15, -0.1) is 0 Å². The molecular formula is C20H27F3N2O3S. The second-order valence-electron chi connectivity index (χ2n) is 7.87. The first-order valence-electron chi connectivity index (χ1n) is 10.1. The summed E-state index contributed by atoms with van der Waals surface area (Å²) >= 11 is 0. The van der Waals surface area contributed by atoms with Crippen LogP contribution in [0, 0.1) is 11.8 Å². The van der Waals surface area contributed by atoms with E-state index in [4.69, 9.17) is 0 Å². The summed E-state index contributed by atoms with van der Waals surface area (Å²) < 4.78 is 66.7. The number of carbonyl (C=O) groups is 1. The smallest absolute Gasteiger partial charge is 0.352 e. The molecule has 2 atom stereocenters. The average molecular weight is 433 g/mol. The average Bonchev–Trinajstić information content (AvgIpc) is 2.72. The van der Waals surface area contributed by atoms with Crippen molar-refractivity contribution in [1.82, 2.24) is 9.62 Å². The molecular weight excluding hydrogens is 405 g/mol. The first kappa shape index (κ1) is 22.1. The Morgan fingerprint density at radius 2 is 1.76 bits per heavy atom. The predicted octanol–water partition coefficient (Wildman–Crippen LogP) is 3.85. The third-order valence-electron chi connectivity index (χ3n) is 5.84. The van der Waals surface area contributed by atoms with Gasteiger partial charge in [0.05, 0.1) is 10.8 Å². The van der Waals surface area contributed by atoms with E-state index in [1.807, 2.05) is 0 Å². The van der Waals surface area contributed by atoms with Gasteiger partial charge in [-0.25, -0.2) is 8.42 Å². The molecule has 0 spiro atoms. The molecule has 1 heterocycles. The van der Waals surface area contributed by atoms with Gasteiger partial charge in [0.1, 0.15) is 0 Å². The van der Waals surface area contributed by atoms with Crippen LogP contribution in [0.25, 0.3) is 0 Å². The molecule has 1 saturated heterocycles. The van der Waals surface area contributed by atoms with Crippen molar-refractivity contribution in [3.8, 4) is 0 Å². The van der Waals surface area contributed by atoms with E-state index in [-0.39, 0.29) is 24.3 Å². The van der Waals surface area contributed by atoms with Gasteiger partial charge in [0, 0.05) is 25.6 Å². The van der Waals surface area contributed by atoms with Gasteiger partial charge in [0.15, 0.2) is 0 Å². The minimum absolute atomic E-state index is 0.00324. The number of hydrogen-bond donors (Lipinski definition) is 1. The van der Waals surface area contributed by atoms with Gasteiger partial charge < -0.3 is 5.32 Å². The molecule has 1 N–H and O–H groups in total. The van der Waals surface area contributed by atoms with Gasteiger partial charge in [0.2, 0.25) is 15.9 Å². The molecule has 3 rings (SSSR count). The minimum Gasteiger partial charge on any atom is -0.352 e. The zero-order chi connectivity index (χ0) is 21.1. The summed E-state index contributed by atoms with van der Waals surface area (Å²) in [6.07, 6.45) is -0.431. The lowest BCUT2D eigenvalue weighted by Gasteiger charge is -2.32. The molecule has 1 aromatic carbocycles. The number of nitrogens with one attached hydrogen (secondary N) is 1. The predicted molar refractivity (Wildman–Crippen MR) is 102 cm³/mol. The van der Waals surface area contributed by atoms with Gasteiger partial charge in [-0.05, 0) is 43.4 Å². The van der Waals surface area contributed by atoms with E-state index in [1.54, 1.807) is 12.1 Å². The second-order valence-corrected chi connectivity index (χ2v) is 9.81. The van der Waals surface area contributed by atoms with Crippen molar-refractivity contribution in [2.75, 3.05) is 13.1 Å². The molecule has 1 amide bonds. The highest BCUT2D eigenvalue weighted by Crippen LogP contribution is 2.41. The highest BCUT2D eigenvalue weighted by Gasteiger charge is 2.47. The van der Waals surface area contributed by atoms with Crippen LogP contribution in [-0.2, 0) is 21.4 Å². The molecule has 1 aliphatic carbocycles. The lowest BCUT2D eigenvalue weighted by molar-refractivity contribution is -0.198. The van der Waals surface area contributed by atoms with Gasteiger partial charge >= 0.3 is 6.18 Å². The normalized spacial score (nSPS) is 24.2. The topological polar surface area (TPSA) is 66.5 Å².